The number of rotatable bonds is 7. The second-order valence-corrected chi connectivity index (χ2v) is 16.7. The van der Waals surface area contributed by atoms with Gasteiger partial charge in [0.25, 0.3) is 0 Å². The van der Waals surface area contributed by atoms with Crippen molar-refractivity contribution in [2.75, 3.05) is 6.16 Å². The molecule has 152 valence electrons. The number of phenolic OH excluding ortho intramolecular Hbond substituents is 1. The molecule has 1 nitrogen and oxygen atoms in total. The molecular weight excluding hydrogens is 451 g/mol. The molecule has 30 heavy (non-hydrogen) atoms. The van der Waals surface area contributed by atoms with Crippen molar-refractivity contribution in [2.24, 2.45) is 0 Å². The molecule has 0 radical (unpaired) electrons. The van der Waals surface area contributed by atoms with Crippen molar-refractivity contribution in [3.8, 4) is 5.75 Å². The molecule has 0 saturated heterocycles. The third-order valence-corrected chi connectivity index (χ3v) is 15.9. The molecule has 4 rings (SSSR count). The van der Waals surface area contributed by atoms with Crippen LogP contribution >= 0.6 is 20.8 Å². The summed E-state index contributed by atoms with van der Waals surface area (Å²) < 4.78 is 0. The van der Waals surface area contributed by atoms with E-state index in [1.807, 2.05) is 12.1 Å². The van der Waals surface area contributed by atoms with Crippen LogP contribution in [0.25, 0.3) is 0 Å². The molecule has 0 spiro atoms. The molecule has 4 aromatic rings. The second-order valence-electron chi connectivity index (χ2n) is 7.68. The number of halogens is 1. The van der Waals surface area contributed by atoms with E-state index in [1.54, 1.807) is 12.1 Å². The standard InChI is InChI=1S/C27H26BrOP/c28-30(25-12-4-1-5-13-25,26-14-6-2-7-15-26,27-16-8-3-9-17-27)22-10-11-23-18-20-24(29)21-19-23/h1-9,12-21,29H,10-11,22H2. The normalized spacial score (nSPS) is 12.8. The molecule has 0 aliphatic carbocycles. The summed E-state index contributed by atoms with van der Waals surface area (Å²) >= 11 is 4.49. The van der Waals surface area contributed by atoms with Gasteiger partial charge in [-0.2, -0.15) is 0 Å². The molecule has 0 fully saturated rings. The summed E-state index contributed by atoms with van der Waals surface area (Å²) in [7, 11) is 0. The first kappa shape index (κ1) is 20.8. The fraction of sp³-hybridized carbons (Fsp3) is 0.111. The fourth-order valence-electron chi connectivity index (χ4n) is 4.29. The van der Waals surface area contributed by atoms with Crippen LogP contribution in [-0.4, -0.2) is 11.3 Å². The van der Waals surface area contributed by atoms with Crippen LogP contribution in [-0.2, 0) is 6.42 Å². The molecule has 0 bridgehead atoms. The Kier molecular flexibility index (Phi) is 6.09. The molecule has 0 saturated carbocycles. The van der Waals surface area contributed by atoms with Crippen LogP contribution in [0.15, 0.2) is 115 Å². The Balaban J connectivity index is 1.84. The van der Waals surface area contributed by atoms with Crippen molar-refractivity contribution in [1.82, 2.24) is 0 Å². The van der Waals surface area contributed by atoms with E-state index in [0.29, 0.717) is 5.75 Å². The number of benzene rings is 4. The molecule has 0 unspecified atom stereocenters. The second kappa shape index (κ2) is 8.76. The number of aromatic hydroxyl groups is 1. The predicted molar refractivity (Wildman–Crippen MR) is 135 cm³/mol. The molecule has 0 aromatic heterocycles. The quantitative estimate of drug-likeness (QED) is 0.316. The summed E-state index contributed by atoms with van der Waals surface area (Å²) in [5.41, 5.74) is 1.25. The van der Waals surface area contributed by atoms with Crippen molar-refractivity contribution in [1.29, 1.82) is 0 Å². The van der Waals surface area contributed by atoms with E-state index in [9.17, 15) is 5.11 Å². The van der Waals surface area contributed by atoms with Gasteiger partial charge in [0.1, 0.15) is 0 Å². The van der Waals surface area contributed by atoms with Crippen LogP contribution in [0.2, 0.25) is 0 Å². The van der Waals surface area contributed by atoms with Gasteiger partial charge in [-0.25, -0.2) is 0 Å². The van der Waals surface area contributed by atoms with Gasteiger partial charge in [0.15, 0.2) is 0 Å². The van der Waals surface area contributed by atoms with Crippen molar-refractivity contribution in [3.05, 3.63) is 121 Å². The van der Waals surface area contributed by atoms with Crippen LogP contribution in [0.3, 0.4) is 0 Å². The first-order valence-corrected chi connectivity index (χ1v) is 14.7. The Hall–Kier alpha value is -2.41. The minimum absolute atomic E-state index is 0.316. The summed E-state index contributed by atoms with van der Waals surface area (Å²) in [4.78, 5) is 0. The van der Waals surface area contributed by atoms with E-state index in [1.165, 1.54) is 21.5 Å². The van der Waals surface area contributed by atoms with Gasteiger partial charge in [-0.05, 0) is 0 Å². The molecular formula is C27H26BrOP. The van der Waals surface area contributed by atoms with Gasteiger partial charge in [0.05, 0.1) is 0 Å². The van der Waals surface area contributed by atoms with Gasteiger partial charge >= 0.3 is 187 Å². The molecule has 1 N–H and O–H groups in total. The summed E-state index contributed by atoms with van der Waals surface area (Å²) in [6.45, 7) is 0. The Morgan fingerprint density at radius 3 is 1.37 bits per heavy atom. The number of hydrogen-bond acceptors (Lipinski definition) is 1. The van der Waals surface area contributed by atoms with Gasteiger partial charge < -0.3 is 0 Å². The van der Waals surface area contributed by atoms with E-state index < -0.39 is 5.31 Å². The van der Waals surface area contributed by atoms with E-state index in [0.717, 1.165) is 19.0 Å². The van der Waals surface area contributed by atoms with Gasteiger partial charge in [-0.1, -0.05) is 0 Å². The Bertz CT molecular complexity index is 981. The van der Waals surface area contributed by atoms with Crippen LogP contribution in [0.1, 0.15) is 12.0 Å². The summed E-state index contributed by atoms with van der Waals surface area (Å²) in [6.07, 6.45) is 3.02. The number of phenols is 1. The molecule has 0 atom stereocenters. The van der Waals surface area contributed by atoms with Crippen LogP contribution in [0.4, 0.5) is 0 Å². The molecule has 0 amide bonds. The third kappa shape index (κ3) is 3.83. The molecule has 0 aliphatic rings. The molecule has 0 heterocycles. The maximum atomic E-state index is 9.60. The third-order valence-electron chi connectivity index (χ3n) is 5.86. The average molecular weight is 477 g/mol. The van der Waals surface area contributed by atoms with Crippen molar-refractivity contribution >= 4 is 36.7 Å². The number of hydrogen-bond donors (Lipinski definition) is 1. The fourth-order valence-corrected chi connectivity index (χ4v) is 12.0. The van der Waals surface area contributed by atoms with Gasteiger partial charge in [-0.3, -0.25) is 0 Å². The van der Waals surface area contributed by atoms with Crippen molar-refractivity contribution in [3.63, 3.8) is 0 Å². The monoisotopic (exact) mass is 476 g/mol. The van der Waals surface area contributed by atoms with Crippen LogP contribution in [0, 0.1) is 0 Å². The Morgan fingerprint density at radius 2 is 0.967 bits per heavy atom. The maximum absolute atomic E-state index is 9.60. The molecule has 3 heteroatoms. The van der Waals surface area contributed by atoms with Gasteiger partial charge in [-0.15, -0.1) is 0 Å². The summed E-state index contributed by atoms with van der Waals surface area (Å²) in [6, 6.07) is 40.3. The summed E-state index contributed by atoms with van der Waals surface area (Å²) in [5, 5.41) is 10.8. The van der Waals surface area contributed by atoms with Crippen LogP contribution < -0.4 is 15.9 Å². The average Bonchev–Trinajstić information content (AvgIpc) is 2.82. The van der Waals surface area contributed by atoms with E-state index in [4.69, 9.17) is 0 Å². The van der Waals surface area contributed by atoms with Gasteiger partial charge in [0, 0.05) is 0 Å². The Labute approximate surface area is 187 Å². The summed E-state index contributed by atoms with van der Waals surface area (Å²) in [5.74, 6) is 0.316. The SMILES string of the molecule is Oc1ccc(CCCP(Br)(c2ccccc2)(c2ccccc2)c2ccccc2)cc1. The van der Waals surface area contributed by atoms with E-state index >= 15 is 0 Å². The van der Waals surface area contributed by atoms with Gasteiger partial charge in [0.2, 0.25) is 0 Å². The first-order valence-electron chi connectivity index (χ1n) is 10.3. The topological polar surface area (TPSA) is 20.2 Å². The van der Waals surface area contributed by atoms with Crippen molar-refractivity contribution in [2.45, 2.75) is 12.8 Å². The zero-order chi connectivity index (χ0) is 20.9. The van der Waals surface area contributed by atoms with E-state index in [-0.39, 0.29) is 0 Å². The van der Waals surface area contributed by atoms with Crippen molar-refractivity contribution < 1.29 is 5.11 Å². The minimum atomic E-state index is -2.84. The molecule has 0 aliphatic heterocycles. The van der Waals surface area contributed by atoms with Crippen LogP contribution in [0.5, 0.6) is 5.75 Å². The Morgan fingerprint density at radius 1 is 0.567 bits per heavy atom. The zero-order valence-electron chi connectivity index (χ0n) is 16.9. The zero-order valence-corrected chi connectivity index (χ0v) is 19.3. The molecule has 4 aromatic carbocycles. The predicted octanol–water partition coefficient (Wildman–Crippen LogP) is 6.16. The first-order chi connectivity index (χ1) is 14.6. The number of aryl methyl sites for hydroxylation is 1. The van der Waals surface area contributed by atoms with E-state index in [2.05, 4.69) is 106 Å².